The van der Waals surface area contributed by atoms with Crippen LogP contribution in [0.4, 0.5) is 10.2 Å². The van der Waals surface area contributed by atoms with Crippen LogP contribution in [-0.4, -0.2) is 47.6 Å². The summed E-state index contributed by atoms with van der Waals surface area (Å²) in [6, 6.07) is 15.8. The smallest absolute Gasteiger partial charge is 0.149 e. The average molecular weight is 364 g/mol. The monoisotopic (exact) mass is 364 g/mol. The first-order valence-corrected chi connectivity index (χ1v) is 9.72. The molecule has 0 N–H and O–H groups in total. The molecule has 1 fully saturated rings. The molecule has 1 aliphatic heterocycles. The van der Waals surface area contributed by atoms with E-state index in [0.29, 0.717) is 5.52 Å². The molecule has 1 aromatic heterocycles. The Balaban J connectivity index is 1.38. The topological polar surface area (TPSA) is 32.3 Å². The zero-order valence-corrected chi connectivity index (χ0v) is 15.5. The second-order valence-corrected chi connectivity index (χ2v) is 7.10. The number of hydrogen-bond acceptors (Lipinski definition) is 4. The molecule has 1 saturated heterocycles. The quantitative estimate of drug-likeness (QED) is 0.687. The largest absolute Gasteiger partial charge is 0.355 e. The van der Waals surface area contributed by atoms with E-state index in [0.717, 1.165) is 56.8 Å². The molecule has 0 saturated carbocycles. The van der Waals surface area contributed by atoms with E-state index in [-0.39, 0.29) is 5.82 Å². The van der Waals surface area contributed by atoms with Crippen molar-refractivity contribution in [1.82, 2.24) is 14.9 Å². The van der Waals surface area contributed by atoms with E-state index in [9.17, 15) is 4.39 Å². The van der Waals surface area contributed by atoms with Gasteiger partial charge in [0.1, 0.15) is 23.5 Å². The van der Waals surface area contributed by atoms with E-state index >= 15 is 0 Å². The lowest BCUT2D eigenvalue weighted by Gasteiger charge is -2.23. The molecule has 3 aromatic rings. The molecule has 2 aromatic carbocycles. The number of nitrogens with zero attached hydrogens (tertiary/aromatic N) is 4. The fourth-order valence-electron chi connectivity index (χ4n) is 3.85. The van der Waals surface area contributed by atoms with Gasteiger partial charge in [0, 0.05) is 25.0 Å². The van der Waals surface area contributed by atoms with Crippen LogP contribution in [0, 0.1) is 5.82 Å². The molecule has 0 bridgehead atoms. The molecule has 27 heavy (non-hydrogen) atoms. The number of para-hydroxylation sites is 1. The van der Waals surface area contributed by atoms with Crippen LogP contribution in [0.2, 0.25) is 0 Å². The van der Waals surface area contributed by atoms with Crippen molar-refractivity contribution < 1.29 is 4.39 Å². The fraction of sp³-hybridized carbons (Fsp3) is 0.364. The standard InChI is InChI=1S/C22H25FN4/c23-20-11-4-10-19-21(20)24-17-25-22(19)27-14-6-13-26(15-16-27)12-5-9-18-7-2-1-3-8-18/h1-4,7-8,10-11,17H,5-6,9,12-16H2. The highest BCUT2D eigenvalue weighted by molar-refractivity contribution is 5.89. The summed E-state index contributed by atoms with van der Waals surface area (Å²) in [4.78, 5) is 13.4. The third-order valence-electron chi connectivity index (χ3n) is 5.27. The van der Waals surface area contributed by atoms with Crippen LogP contribution >= 0.6 is 0 Å². The normalized spacial score (nSPS) is 15.8. The van der Waals surface area contributed by atoms with Crippen LogP contribution in [0.5, 0.6) is 0 Å². The number of halogens is 1. The lowest BCUT2D eigenvalue weighted by molar-refractivity contribution is 0.290. The number of aryl methyl sites for hydroxylation is 1. The van der Waals surface area contributed by atoms with Gasteiger partial charge >= 0.3 is 0 Å². The van der Waals surface area contributed by atoms with Gasteiger partial charge in [-0.2, -0.15) is 0 Å². The fourth-order valence-corrected chi connectivity index (χ4v) is 3.85. The van der Waals surface area contributed by atoms with Gasteiger partial charge < -0.3 is 9.80 Å². The van der Waals surface area contributed by atoms with Crippen LogP contribution in [0.3, 0.4) is 0 Å². The lowest BCUT2D eigenvalue weighted by Crippen LogP contribution is -2.32. The van der Waals surface area contributed by atoms with Crippen molar-refractivity contribution in [2.75, 3.05) is 37.6 Å². The molecule has 0 amide bonds. The van der Waals surface area contributed by atoms with Gasteiger partial charge in [-0.15, -0.1) is 0 Å². The molecule has 2 heterocycles. The maximum atomic E-state index is 14.0. The van der Waals surface area contributed by atoms with E-state index in [1.807, 2.05) is 6.07 Å². The predicted octanol–water partition coefficient (Wildman–Crippen LogP) is 3.91. The number of anilines is 1. The third kappa shape index (κ3) is 4.25. The molecular weight excluding hydrogens is 339 g/mol. The van der Waals surface area contributed by atoms with Crippen LogP contribution in [0.1, 0.15) is 18.4 Å². The zero-order chi connectivity index (χ0) is 18.5. The molecule has 140 valence electrons. The Bertz CT molecular complexity index is 884. The summed E-state index contributed by atoms with van der Waals surface area (Å²) in [5.41, 5.74) is 1.81. The molecule has 4 rings (SSSR count). The van der Waals surface area contributed by atoms with Gasteiger partial charge in [-0.3, -0.25) is 0 Å². The Morgan fingerprint density at radius 1 is 0.889 bits per heavy atom. The van der Waals surface area contributed by atoms with Gasteiger partial charge in [0.2, 0.25) is 0 Å². The van der Waals surface area contributed by atoms with Crippen molar-refractivity contribution >= 4 is 16.7 Å². The van der Waals surface area contributed by atoms with Gasteiger partial charge in [-0.05, 0) is 50.0 Å². The minimum atomic E-state index is -0.284. The molecule has 0 aliphatic carbocycles. The second-order valence-electron chi connectivity index (χ2n) is 7.10. The van der Waals surface area contributed by atoms with E-state index < -0.39 is 0 Å². The van der Waals surface area contributed by atoms with E-state index in [1.54, 1.807) is 6.07 Å². The van der Waals surface area contributed by atoms with Gasteiger partial charge in [0.25, 0.3) is 0 Å². The lowest BCUT2D eigenvalue weighted by atomic mass is 10.1. The summed E-state index contributed by atoms with van der Waals surface area (Å²) in [6.45, 7) is 5.08. The Labute approximate surface area is 159 Å². The Hall–Kier alpha value is -2.53. The summed E-state index contributed by atoms with van der Waals surface area (Å²) in [5, 5.41) is 0.801. The molecule has 0 radical (unpaired) electrons. The highest BCUT2D eigenvalue weighted by atomic mass is 19.1. The zero-order valence-electron chi connectivity index (χ0n) is 15.5. The second kappa shape index (κ2) is 8.44. The van der Waals surface area contributed by atoms with Crippen LogP contribution in [0.15, 0.2) is 54.9 Å². The van der Waals surface area contributed by atoms with Gasteiger partial charge in [0.15, 0.2) is 0 Å². The maximum Gasteiger partial charge on any atom is 0.149 e. The van der Waals surface area contributed by atoms with E-state index in [2.05, 4.69) is 50.1 Å². The Morgan fingerprint density at radius 2 is 1.78 bits per heavy atom. The molecule has 0 atom stereocenters. The van der Waals surface area contributed by atoms with Crippen molar-refractivity contribution in [3.63, 3.8) is 0 Å². The molecular formula is C22H25FN4. The summed E-state index contributed by atoms with van der Waals surface area (Å²) in [6.07, 6.45) is 4.86. The van der Waals surface area contributed by atoms with Crippen molar-refractivity contribution in [2.24, 2.45) is 0 Å². The van der Waals surface area contributed by atoms with Crippen molar-refractivity contribution in [1.29, 1.82) is 0 Å². The first-order chi connectivity index (χ1) is 13.3. The molecule has 5 heteroatoms. The highest BCUT2D eigenvalue weighted by Crippen LogP contribution is 2.25. The summed E-state index contributed by atoms with van der Waals surface area (Å²) in [5.74, 6) is 0.569. The Morgan fingerprint density at radius 3 is 2.67 bits per heavy atom. The van der Waals surface area contributed by atoms with E-state index in [1.165, 1.54) is 24.4 Å². The van der Waals surface area contributed by atoms with E-state index in [4.69, 9.17) is 0 Å². The summed E-state index contributed by atoms with van der Waals surface area (Å²) >= 11 is 0. The summed E-state index contributed by atoms with van der Waals surface area (Å²) < 4.78 is 14.0. The molecule has 0 unspecified atom stereocenters. The van der Waals surface area contributed by atoms with Gasteiger partial charge in [-0.1, -0.05) is 36.4 Å². The minimum absolute atomic E-state index is 0.284. The SMILES string of the molecule is Fc1cccc2c(N3CCCN(CCCc4ccccc4)CC3)ncnc12. The van der Waals surface area contributed by atoms with Gasteiger partial charge in [0.05, 0.1) is 0 Å². The number of benzene rings is 2. The van der Waals surface area contributed by atoms with Crippen LogP contribution < -0.4 is 4.90 Å². The third-order valence-corrected chi connectivity index (χ3v) is 5.27. The molecule has 4 nitrogen and oxygen atoms in total. The minimum Gasteiger partial charge on any atom is -0.355 e. The predicted molar refractivity (Wildman–Crippen MR) is 108 cm³/mol. The number of rotatable bonds is 5. The maximum absolute atomic E-state index is 14.0. The first-order valence-electron chi connectivity index (χ1n) is 9.72. The van der Waals surface area contributed by atoms with Crippen molar-refractivity contribution in [3.8, 4) is 0 Å². The van der Waals surface area contributed by atoms with Crippen LogP contribution in [0.25, 0.3) is 10.9 Å². The first kappa shape index (κ1) is 17.9. The van der Waals surface area contributed by atoms with Gasteiger partial charge in [-0.25, -0.2) is 14.4 Å². The van der Waals surface area contributed by atoms with Crippen molar-refractivity contribution in [2.45, 2.75) is 19.3 Å². The summed E-state index contributed by atoms with van der Waals surface area (Å²) in [7, 11) is 0. The number of aromatic nitrogens is 2. The molecule has 1 aliphatic rings. The van der Waals surface area contributed by atoms with Crippen molar-refractivity contribution in [3.05, 3.63) is 66.2 Å². The number of fused-ring (bicyclic) bond motifs is 1. The molecule has 0 spiro atoms. The average Bonchev–Trinajstić information content (AvgIpc) is 2.95. The van der Waals surface area contributed by atoms with Crippen LogP contribution in [-0.2, 0) is 6.42 Å². The Kier molecular flexibility index (Phi) is 5.58. The number of hydrogen-bond donors (Lipinski definition) is 0. The highest BCUT2D eigenvalue weighted by Gasteiger charge is 2.18.